The number of amides is 3. The third kappa shape index (κ3) is 4.18. The second-order valence-electron chi connectivity index (χ2n) is 5.69. The maximum atomic E-state index is 12.2. The van der Waals surface area contributed by atoms with E-state index in [9.17, 15) is 24.5 Å². The lowest BCUT2D eigenvalue weighted by molar-refractivity contribution is -0.384. The summed E-state index contributed by atoms with van der Waals surface area (Å²) in [4.78, 5) is 47.7. The quantitative estimate of drug-likeness (QED) is 0.585. The summed E-state index contributed by atoms with van der Waals surface area (Å²) < 4.78 is 5.22. The third-order valence-corrected chi connectivity index (χ3v) is 4.04. The van der Waals surface area contributed by atoms with Crippen LogP contribution in [-0.2, 0) is 9.59 Å². The number of halogens is 1. The van der Waals surface area contributed by atoms with Gasteiger partial charge in [-0.3, -0.25) is 40.2 Å². The second kappa shape index (κ2) is 7.92. The van der Waals surface area contributed by atoms with Gasteiger partial charge in [0.05, 0.1) is 10.6 Å². The number of nitrogens with zero attached hydrogens (tertiary/aromatic N) is 2. The molecule has 0 radical (unpaired) electrons. The number of hydrogen-bond donors (Lipinski definition) is 2. The maximum absolute atomic E-state index is 12.2. The number of carbonyl (C=O) groups is 3. The molecule has 0 atom stereocenters. The predicted molar refractivity (Wildman–Crippen MR) is 98.0 cm³/mol. The number of anilines is 1. The summed E-state index contributed by atoms with van der Waals surface area (Å²) in [5.41, 5.74) is 4.47. The molecule has 28 heavy (non-hydrogen) atoms. The molecule has 0 fully saturated rings. The summed E-state index contributed by atoms with van der Waals surface area (Å²) in [5, 5.41) is 11.3. The molecule has 0 saturated carbocycles. The molecule has 2 aromatic rings. The van der Waals surface area contributed by atoms with Crippen molar-refractivity contribution in [2.24, 2.45) is 0 Å². The number of fused-ring (bicyclic) bond motifs is 1. The smallest absolute Gasteiger partial charge is 0.271 e. The SMILES string of the molecule is O=C(CN1C(=O)COc2ccc([N+](=O)[O-])cc21)NNC(=O)c1cccc(Cl)c1. The van der Waals surface area contributed by atoms with Gasteiger partial charge >= 0.3 is 0 Å². The van der Waals surface area contributed by atoms with Crippen molar-refractivity contribution < 1.29 is 24.0 Å². The van der Waals surface area contributed by atoms with E-state index in [-0.39, 0.29) is 29.3 Å². The highest BCUT2D eigenvalue weighted by Gasteiger charge is 2.29. The van der Waals surface area contributed by atoms with Crippen LogP contribution in [0, 0.1) is 10.1 Å². The number of hydrazine groups is 1. The minimum Gasteiger partial charge on any atom is -0.482 e. The number of carbonyl (C=O) groups excluding carboxylic acids is 3. The fourth-order valence-corrected chi connectivity index (χ4v) is 2.68. The lowest BCUT2D eigenvalue weighted by atomic mass is 10.2. The minimum absolute atomic E-state index is 0.0989. The molecule has 0 bridgehead atoms. The van der Waals surface area contributed by atoms with Gasteiger partial charge in [0.15, 0.2) is 6.61 Å². The second-order valence-corrected chi connectivity index (χ2v) is 6.13. The Kier molecular flexibility index (Phi) is 5.41. The average Bonchev–Trinajstić information content (AvgIpc) is 2.67. The van der Waals surface area contributed by atoms with Crippen molar-refractivity contribution in [2.45, 2.75) is 0 Å². The van der Waals surface area contributed by atoms with Crippen LogP contribution >= 0.6 is 11.6 Å². The molecule has 3 rings (SSSR count). The van der Waals surface area contributed by atoms with Crippen molar-refractivity contribution >= 4 is 40.7 Å². The standard InChI is InChI=1S/C17H13ClN4O6/c18-11-3-1-2-10(6-11)17(25)20-19-15(23)8-21-13-7-12(22(26)27)4-5-14(13)28-9-16(21)24/h1-7H,8-9H2,(H,19,23)(H,20,25). The van der Waals surface area contributed by atoms with E-state index in [4.69, 9.17) is 16.3 Å². The molecule has 0 saturated heterocycles. The van der Waals surface area contributed by atoms with Crippen molar-refractivity contribution in [1.82, 2.24) is 10.9 Å². The Bertz CT molecular complexity index is 980. The summed E-state index contributed by atoms with van der Waals surface area (Å²) in [6.07, 6.45) is 0. The Morgan fingerprint density at radius 2 is 2.00 bits per heavy atom. The van der Waals surface area contributed by atoms with E-state index in [1.165, 1.54) is 24.3 Å². The zero-order chi connectivity index (χ0) is 20.3. The number of nitrogens with one attached hydrogen (secondary N) is 2. The minimum atomic E-state index is -0.705. The van der Waals surface area contributed by atoms with Crippen LogP contribution < -0.4 is 20.5 Å². The summed E-state index contributed by atoms with van der Waals surface area (Å²) in [6.45, 7) is -0.779. The highest BCUT2D eigenvalue weighted by atomic mass is 35.5. The van der Waals surface area contributed by atoms with Crippen molar-refractivity contribution in [2.75, 3.05) is 18.1 Å². The molecule has 0 spiro atoms. The van der Waals surface area contributed by atoms with Gasteiger partial charge in [-0.1, -0.05) is 17.7 Å². The Balaban J connectivity index is 1.68. The molecule has 3 amide bonds. The van der Waals surface area contributed by atoms with E-state index in [0.29, 0.717) is 5.02 Å². The van der Waals surface area contributed by atoms with Gasteiger partial charge in [0, 0.05) is 22.7 Å². The molecule has 0 unspecified atom stereocenters. The number of rotatable bonds is 4. The van der Waals surface area contributed by atoms with Crippen molar-refractivity contribution in [1.29, 1.82) is 0 Å². The van der Waals surface area contributed by atoms with Gasteiger partial charge in [0.1, 0.15) is 12.3 Å². The molecular weight excluding hydrogens is 392 g/mol. The average molecular weight is 405 g/mol. The first-order valence-electron chi connectivity index (χ1n) is 7.91. The van der Waals surface area contributed by atoms with Crippen molar-refractivity contribution in [3.05, 3.63) is 63.2 Å². The highest BCUT2D eigenvalue weighted by Crippen LogP contribution is 2.35. The number of non-ortho nitro benzene ring substituents is 1. The van der Waals surface area contributed by atoms with Gasteiger partial charge in [-0.05, 0) is 24.3 Å². The molecule has 10 nitrogen and oxygen atoms in total. The van der Waals surface area contributed by atoms with Crippen LogP contribution in [0.4, 0.5) is 11.4 Å². The van der Waals surface area contributed by atoms with Crippen molar-refractivity contribution in [3.8, 4) is 5.75 Å². The number of nitro groups is 1. The van der Waals surface area contributed by atoms with E-state index in [1.807, 2.05) is 0 Å². The first-order valence-corrected chi connectivity index (χ1v) is 8.29. The van der Waals surface area contributed by atoms with Crippen LogP contribution in [0.25, 0.3) is 0 Å². The lowest BCUT2D eigenvalue weighted by Gasteiger charge is -2.28. The van der Waals surface area contributed by atoms with Gasteiger partial charge in [-0.2, -0.15) is 0 Å². The van der Waals surface area contributed by atoms with Gasteiger partial charge in [-0.25, -0.2) is 0 Å². The fraction of sp³-hybridized carbons (Fsp3) is 0.118. The number of benzene rings is 2. The van der Waals surface area contributed by atoms with Crippen LogP contribution in [0.3, 0.4) is 0 Å². The third-order valence-electron chi connectivity index (χ3n) is 3.80. The highest BCUT2D eigenvalue weighted by molar-refractivity contribution is 6.31. The molecule has 1 heterocycles. The first-order chi connectivity index (χ1) is 13.3. The molecule has 1 aliphatic heterocycles. The molecule has 1 aliphatic rings. The molecule has 0 aromatic heterocycles. The van der Waals surface area contributed by atoms with Crippen LogP contribution in [0.2, 0.25) is 5.02 Å². The van der Waals surface area contributed by atoms with E-state index in [0.717, 1.165) is 11.0 Å². The summed E-state index contributed by atoms with van der Waals surface area (Å²) in [6, 6.07) is 9.83. The van der Waals surface area contributed by atoms with Crippen LogP contribution in [0.1, 0.15) is 10.4 Å². The fourth-order valence-electron chi connectivity index (χ4n) is 2.49. The summed E-state index contributed by atoms with van der Waals surface area (Å²) in [7, 11) is 0. The van der Waals surface area contributed by atoms with E-state index in [2.05, 4.69) is 10.9 Å². The molecule has 11 heteroatoms. The van der Waals surface area contributed by atoms with E-state index in [1.54, 1.807) is 12.1 Å². The van der Waals surface area contributed by atoms with Gasteiger partial charge in [-0.15, -0.1) is 0 Å². The molecule has 144 valence electrons. The zero-order valence-electron chi connectivity index (χ0n) is 14.2. The normalized spacial score (nSPS) is 12.6. The monoisotopic (exact) mass is 404 g/mol. The largest absolute Gasteiger partial charge is 0.482 e. The topological polar surface area (TPSA) is 131 Å². The predicted octanol–water partition coefficient (Wildman–Crippen LogP) is 1.43. The Hall–Kier alpha value is -3.66. The Morgan fingerprint density at radius 3 is 2.71 bits per heavy atom. The van der Waals surface area contributed by atoms with E-state index < -0.39 is 29.2 Å². The Labute approximate surface area is 163 Å². The molecule has 2 N–H and O–H groups in total. The maximum Gasteiger partial charge on any atom is 0.271 e. The number of ether oxygens (including phenoxy) is 1. The number of hydrogen-bond acceptors (Lipinski definition) is 6. The zero-order valence-corrected chi connectivity index (χ0v) is 14.9. The number of nitro benzene ring substituents is 1. The summed E-state index contributed by atoms with van der Waals surface area (Å²) >= 11 is 5.81. The molecular formula is C17H13ClN4O6. The lowest BCUT2D eigenvalue weighted by Crippen LogP contribution is -2.49. The van der Waals surface area contributed by atoms with E-state index >= 15 is 0 Å². The van der Waals surface area contributed by atoms with Crippen LogP contribution in [0.15, 0.2) is 42.5 Å². The van der Waals surface area contributed by atoms with Gasteiger partial charge < -0.3 is 4.74 Å². The summed E-state index contributed by atoms with van der Waals surface area (Å²) in [5.74, 6) is -1.62. The van der Waals surface area contributed by atoms with Crippen LogP contribution in [0.5, 0.6) is 5.75 Å². The molecule has 2 aromatic carbocycles. The Morgan fingerprint density at radius 1 is 1.21 bits per heavy atom. The van der Waals surface area contributed by atoms with Crippen LogP contribution in [-0.4, -0.2) is 35.8 Å². The first kappa shape index (κ1) is 19.1. The van der Waals surface area contributed by atoms with Gasteiger partial charge in [0.25, 0.3) is 23.4 Å². The van der Waals surface area contributed by atoms with Crippen molar-refractivity contribution in [3.63, 3.8) is 0 Å². The molecule has 0 aliphatic carbocycles. The van der Waals surface area contributed by atoms with Gasteiger partial charge in [0.2, 0.25) is 0 Å².